The van der Waals surface area contributed by atoms with Gasteiger partial charge < -0.3 is 23.7 Å². The third-order valence-corrected chi connectivity index (χ3v) is 5.36. The van der Waals surface area contributed by atoms with Gasteiger partial charge in [0, 0.05) is 49.4 Å². The average molecular weight is 394 g/mol. The molecule has 1 aliphatic rings. The van der Waals surface area contributed by atoms with E-state index in [1.807, 2.05) is 25.2 Å². The van der Waals surface area contributed by atoms with Crippen molar-refractivity contribution in [3.63, 3.8) is 0 Å². The third kappa shape index (κ3) is 4.38. The van der Waals surface area contributed by atoms with E-state index < -0.39 is 0 Å². The van der Waals surface area contributed by atoms with Gasteiger partial charge in [-0.15, -0.1) is 0 Å². The number of morpholine rings is 1. The highest BCUT2D eigenvalue weighted by Gasteiger charge is 2.15. The molecule has 4 rings (SSSR count). The lowest BCUT2D eigenvalue weighted by Crippen LogP contribution is -2.36. The van der Waals surface area contributed by atoms with Gasteiger partial charge in [0.1, 0.15) is 11.3 Å². The standard InChI is InChI=1S/C23H26N2O4/c1-24(15-17-3-5-19(6-4-17)25-9-11-28-12-10-25)23(26)13-18-16-29-22-14-20(27-2)7-8-21(18)22/h3-8,14,16H,9-13,15H2,1-2H3. The number of likely N-dealkylation sites (N-methyl/N-ethyl adjacent to an activating group) is 1. The highest BCUT2D eigenvalue weighted by atomic mass is 16.5. The Labute approximate surface area is 170 Å². The molecule has 2 heterocycles. The molecule has 0 aliphatic carbocycles. The van der Waals surface area contributed by atoms with Gasteiger partial charge in [-0.1, -0.05) is 12.1 Å². The summed E-state index contributed by atoms with van der Waals surface area (Å²) in [6.07, 6.45) is 1.97. The summed E-state index contributed by atoms with van der Waals surface area (Å²) in [5.41, 5.74) is 3.93. The van der Waals surface area contributed by atoms with Gasteiger partial charge in [0.25, 0.3) is 0 Å². The molecule has 0 spiro atoms. The van der Waals surface area contributed by atoms with Crippen molar-refractivity contribution in [3.05, 3.63) is 59.9 Å². The molecule has 1 saturated heterocycles. The SMILES string of the molecule is COc1ccc2c(CC(=O)N(C)Cc3ccc(N4CCOCC4)cc3)coc2c1. The number of methoxy groups -OCH3 is 1. The second kappa shape index (κ2) is 8.57. The molecule has 6 nitrogen and oxygen atoms in total. The van der Waals surface area contributed by atoms with E-state index in [0.717, 1.165) is 54.1 Å². The lowest BCUT2D eigenvalue weighted by atomic mass is 10.1. The fourth-order valence-corrected chi connectivity index (χ4v) is 3.62. The van der Waals surface area contributed by atoms with E-state index in [4.69, 9.17) is 13.9 Å². The first kappa shape index (κ1) is 19.3. The summed E-state index contributed by atoms with van der Waals surface area (Å²) in [4.78, 5) is 16.8. The van der Waals surface area contributed by atoms with Crippen molar-refractivity contribution >= 4 is 22.6 Å². The zero-order valence-corrected chi connectivity index (χ0v) is 16.9. The van der Waals surface area contributed by atoms with Crippen LogP contribution >= 0.6 is 0 Å². The number of benzene rings is 2. The largest absolute Gasteiger partial charge is 0.497 e. The van der Waals surface area contributed by atoms with Crippen LogP contribution in [0.25, 0.3) is 11.0 Å². The van der Waals surface area contributed by atoms with Crippen molar-refractivity contribution in [3.8, 4) is 5.75 Å². The van der Waals surface area contributed by atoms with E-state index in [0.29, 0.717) is 13.0 Å². The maximum Gasteiger partial charge on any atom is 0.227 e. The summed E-state index contributed by atoms with van der Waals surface area (Å²) < 4.78 is 16.2. The van der Waals surface area contributed by atoms with Crippen LogP contribution in [0.15, 0.2) is 53.1 Å². The van der Waals surface area contributed by atoms with Crippen molar-refractivity contribution in [1.29, 1.82) is 0 Å². The minimum Gasteiger partial charge on any atom is -0.497 e. The van der Waals surface area contributed by atoms with Crippen molar-refractivity contribution in [1.82, 2.24) is 4.90 Å². The molecule has 0 bridgehead atoms. The van der Waals surface area contributed by atoms with Gasteiger partial charge in [0.15, 0.2) is 0 Å². The number of carbonyl (C=O) groups excluding carboxylic acids is 1. The first-order chi connectivity index (χ1) is 14.1. The third-order valence-electron chi connectivity index (χ3n) is 5.36. The molecule has 0 unspecified atom stereocenters. The van der Waals surface area contributed by atoms with Gasteiger partial charge in [0.05, 0.1) is 33.0 Å². The lowest BCUT2D eigenvalue weighted by molar-refractivity contribution is -0.129. The molecule has 0 saturated carbocycles. The Balaban J connectivity index is 1.38. The average Bonchev–Trinajstić information content (AvgIpc) is 3.16. The summed E-state index contributed by atoms with van der Waals surface area (Å²) in [6.45, 7) is 3.96. The van der Waals surface area contributed by atoms with Gasteiger partial charge in [-0.3, -0.25) is 4.79 Å². The van der Waals surface area contributed by atoms with Gasteiger partial charge in [-0.2, -0.15) is 0 Å². The molecule has 0 atom stereocenters. The molecule has 0 N–H and O–H groups in total. The van der Waals surface area contributed by atoms with Gasteiger partial charge >= 0.3 is 0 Å². The molecule has 1 aromatic heterocycles. The van der Waals surface area contributed by atoms with E-state index in [1.165, 1.54) is 5.69 Å². The summed E-state index contributed by atoms with van der Waals surface area (Å²) >= 11 is 0. The minimum absolute atomic E-state index is 0.0563. The predicted molar refractivity (Wildman–Crippen MR) is 112 cm³/mol. The molecular weight excluding hydrogens is 368 g/mol. The molecule has 2 aromatic carbocycles. The van der Waals surface area contributed by atoms with Crippen LogP contribution < -0.4 is 9.64 Å². The number of amides is 1. The van der Waals surface area contributed by atoms with E-state index in [2.05, 4.69) is 29.2 Å². The summed E-state index contributed by atoms with van der Waals surface area (Å²) in [5, 5.41) is 0.947. The quantitative estimate of drug-likeness (QED) is 0.641. The predicted octanol–water partition coefficient (Wildman–Crippen LogP) is 3.48. The minimum atomic E-state index is 0.0563. The van der Waals surface area contributed by atoms with Crippen LogP contribution in [0.3, 0.4) is 0 Å². The van der Waals surface area contributed by atoms with Crippen LogP contribution in [-0.4, -0.2) is 51.3 Å². The van der Waals surface area contributed by atoms with E-state index in [1.54, 1.807) is 18.3 Å². The second-order valence-electron chi connectivity index (χ2n) is 7.32. The molecule has 1 amide bonds. The number of hydrogen-bond acceptors (Lipinski definition) is 5. The molecule has 1 aliphatic heterocycles. The molecule has 3 aromatic rings. The van der Waals surface area contributed by atoms with E-state index in [9.17, 15) is 4.79 Å². The number of carbonyl (C=O) groups is 1. The zero-order valence-electron chi connectivity index (χ0n) is 16.9. The van der Waals surface area contributed by atoms with Crippen LogP contribution in [0, 0.1) is 0 Å². The smallest absolute Gasteiger partial charge is 0.227 e. The van der Waals surface area contributed by atoms with E-state index in [-0.39, 0.29) is 5.91 Å². The maximum atomic E-state index is 12.7. The van der Waals surface area contributed by atoms with Gasteiger partial charge in [0.2, 0.25) is 5.91 Å². The van der Waals surface area contributed by atoms with Crippen molar-refractivity contribution in [2.75, 3.05) is 45.4 Å². The Morgan fingerprint density at radius 2 is 1.90 bits per heavy atom. The molecule has 29 heavy (non-hydrogen) atoms. The van der Waals surface area contributed by atoms with Crippen LogP contribution in [0.5, 0.6) is 5.75 Å². The summed E-state index contributed by atoms with van der Waals surface area (Å²) in [7, 11) is 3.46. The molecule has 1 fully saturated rings. The number of ether oxygens (including phenoxy) is 2. The Morgan fingerprint density at radius 1 is 1.14 bits per heavy atom. The number of fused-ring (bicyclic) bond motifs is 1. The lowest BCUT2D eigenvalue weighted by Gasteiger charge is -2.29. The Morgan fingerprint density at radius 3 is 2.62 bits per heavy atom. The second-order valence-corrected chi connectivity index (χ2v) is 7.32. The summed E-state index contributed by atoms with van der Waals surface area (Å²) in [6, 6.07) is 14.1. The number of furan rings is 1. The van der Waals surface area contributed by atoms with Crippen LogP contribution in [-0.2, 0) is 22.5 Å². The van der Waals surface area contributed by atoms with Crippen molar-refractivity contribution < 1.29 is 18.7 Å². The molecular formula is C23H26N2O4. The number of nitrogens with zero attached hydrogens (tertiary/aromatic N) is 2. The zero-order chi connectivity index (χ0) is 20.2. The van der Waals surface area contributed by atoms with Crippen molar-refractivity contribution in [2.45, 2.75) is 13.0 Å². The van der Waals surface area contributed by atoms with Crippen molar-refractivity contribution in [2.24, 2.45) is 0 Å². The highest BCUT2D eigenvalue weighted by molar-refractivity contribution is 5.88. The van der Waals surface area contributed by atoms with Gasteiger partial charge in [-0.25, -0.2) is 0 Å². The Kier molecular flexibility index (Phi) is 5.71. The highest BCUT2D eigenvalue weighted by Crippen LogP contribution is 2.26. The monoisotopic (exact) mass is 394 g/mol. The summed E-state index contributed by atoms with van der Waals surface area (Å²) in [5.74, 6) is 0.795. The van der Waals surface area contributed by atoms with Gasteiger partial charge in [-0.05, 0) is 29.8 Å². The Bertz CT molecular complexity index is 974. The fraction of sp³-hybridized carbons (Fsp3) is 0.348. The Hall–Kier alpha value is -2.99. The van der Waals surface area contributed by atoms with Crippen LogP contribution in [0.1, 0.15) is 11.1 Å². The van der Waals surface area contributed by atoms with E-state index >= 15 is 0 Å². The topological polar surface area (TPSA) is 55.2 Å². The molecule has 6 heteroatoms. The number of rotatable bonds is 6. The number of anilines is 1. The van der Waals surface area contributed by atoms with Crippen LogP contribution in [0.2, 0.25) is 0 Å². The molecule has 0 radical (unpaired) electrons. The number of hydrogen-bond donors (Lipinski definition) is 0. The first-order valence-electron chi connectivity index (χ1n) is 9.84. The fourth-order valence-electron chi connectivity index (χ4n) is 3.62. The maximum absolute atomic E-state index is 12.7. The normalized spacial score (nSPS) is 14.2. The molecule has 152 valence electrons. The van der Waals surface area contributed by atoms with Crippen LogP contribution in [0.4, 0.5) is 5.69 Å². The first-order valence-corrected chi connectivity index (χ1v) is 9.84.